The van der Waals surface area contributed by atoms with Crippen molar-refractivity contribution in [1.82, 2.24) is 9.88 Å². The van der Waals surface area contributed by atoms with E-state index < -0.39 is 5.97 Å². The number of aromatic nitrogens is 1. The van der Waals surface area contributed by atoms with Crippen LogP contribution in [0.1, 0.15) is 30.3 Å². The number of hydrogen-bond acceptors (Lipinski definition) is 5. The molecule has 1 saturated heterocycles. The van der Waals surface area contributed by atoms with Crippen LogP contribution < -0.4 is 4.90 Å². The van der Waals surface area contributed by atoms with E-state index in [1.54, 1.807) is 11.3 Å². The van der Waals surface area contributed by atoms with Gasteiger partial charge in [0.15, 0.2) is 5.13 Å². The van der Waals surface area contributed by atoms with E-state index in [0.717, 1.165) is 48.3 Å². The highest BCUT2D eigenvalue weighted by atomic mass is 32.1. The molecule has 0 saturated carbocycles. The molecule has 1 aliphatic heterocycles. The fourth-order valence-electron chi connectivity index (χ4n) is 3.08. The monoisotopic (exact) mass is 323 g/mol. The van der Waals surface area contributed by atoms with Crippen LogP contribution in [0, 0.1) is 5.92 Å². The number of anilines is 1. The van der Waals surface area contributed by atoms with E-state index in [4.69, 9.17) is 10.1 Å². The molecule has 0 bridgehead atoms. The first-order chi connectivity index (χ1) is 10.6. The van der Waals surface area contributed by atoms with Gasteiger partial charge in [0, 0.05) is 37.5 Å². The topological polar surface area (TPSA) is 73.7 Å². The lowest BCUT2D eigenvalue weighted by Crippen LogP contribution is -2.48. The van der Waals surface area contributed by atoms with Crippen LogP contribution in [0.5, 0.6) is 0 Å². The van der Waals surface area contributed by atoms with Gasteiger partial charge < -0.3 is 14.9 Å². The number of carboxylic acid groups (broad SMARTS) is 1. The summed E-state index contributed by atoms with van der Waals surface area (Å²) < 4.78 is 0. The summed E-state index contributed by atoms with van der Waals surface area (Å²) in [5.74, 6) is -0.755. The summed E-state index contributed by atoms with van der Waals surface area (Å²) in [6, 6.07) is 0. The number of rotatable bonds is 3. The standard InChI is InChI=1S/C15H21N3O3S/c1-2-13(19)17-5-7-18(8-6-17)15-16-11-4-3-10(14(20)21)9-12(11)22-15/h10H,2-9H2,1H3,(H,20,21)/t10-/m1/s1. The Morgan fingerprint density at radius 2 is 2.05 bits per heavy atom. The average Bonchev–Trinajstić information content (AvgIpc) is 2.97. The van der Waals surface area contributed by atoms with E-state index in [0.29, 0.717) is 19.3 Å². The number of nitrogens with zero attached hydrogens (tertiary/aromatic N) is 3. The fourth-order valence-corrected chi connectivity index (χ4v) is 4.32. The highest BCUT2D eigenvalue weighted by Crippen LogP contribution is 2.34. The van der Waals surface area contributed by atoms with Gasteiger partial charge in [-0.3, -0.25) is 9.59 Å². The first-order valence-electron chi connectivity index (χ1n) is 7.82. The average molecular weight is 323 g/mol. The largest absolute Gasteiger partial charge is 0.481 e. The third-order valence-electron chi connectivity index (χ3n) is 4.48. The second kappa shape index (κ2) is 6.24. The Balaban J connectivity index is 1.65. The van der Waals surface area contributed by atoms with Gasteiger partial charge in [0.1, 0.15) is 0 Å². The summed E-state index contributed by atoms with van der Waals surface area (Å²) in [5, 5.41) is 10.1. The third kappa shape index (κ3) is 2.95. The minimum absolute atomic E-state index is 0.211. The minimum Gasteiger partial charge on any atom is -0.481 e. The second-order valence-corrected chi connectivity index (χ2v) is 6.93. The van der Waals surface area contributed by atoms with E-state index in [1.165, 1.54) is 0 Å². The molecule has 1 fully saturated rings. The number of amides is 1. The summed E-state index contributed by atoms with van der Waals surface area (Å²) in [4.78, 5) is 32.8. The zero-order valence-corrected chi connectivity index (χ0v) is 13.6. The Kier molecular flexibility index (Phi) is 4.33. The first kappa shape index (κ1) is 15.3. The number of thiazole rings is 1. The van der Waals surface area contributed by atoms with Crippen LogP contribution in [0.2, 0.25) is 0 Å². The highest BCUT2D eigenvalue weighted by Gasteiger charge is 2.29. The normalized spacial score (nSPS) is 21.6. The van der Waals surface area contributed by atoms with Crippen molar-refractivity contribution in [2.24, 2.45) is 5.92 Å². The van der Waals surface area contributed by atoms with E-state index >= 15 is 0 Å². The molecule has 2 heterocycles. The zero-order valence-electron chi connectivity index (χ0n) is 12.7. The van der Waals surface area contributed by atoms with Crippen molar-refractivity contribution in [3.63, 3.8) is 0 Å². The SMILES string of the molecule is CCC(=O)N1CCN(c2nc3c(s2)C[C@H](C(=O)O)CC3)CC1. The maximum Gasteiger partial charge on any atom is 0.306 e. The van der Waals surface area contributed by atoms with E-state index in [9.17, 15) is 9.59 Å². The van der Waals surface area contributed by atoms with Gasteiger partial charge in [-0.15, -0.1) is 11.3 Å². The van der Waals surface area contributed by atoms with Crippen molar-refractivity contribution in [3.05, 3.63) is 10.6 Å². The van der Waals surface area contributed by atoms with Crippen molar-refractivity contribution in [2.45, 2.75) is 32.6 Å². The maximum atomic E-state index is 11.7. The van der Waals surface area contributed by atoms with Crippen LogP contribution in [0.3, 0.4) is 0 Å². The Hall–Kier alpha value is -1.63. The Bertz CT molecular complexity index is 579. The summed E-state index contributed by atoms with van der Waals surface area (Å²) in [6.07, 6.45) is 2.61. The molecule has 0 unspecified atom stereocenters. The number of piperazine rings is 1. The van der Waals surface area contributed by atoms with Gasteiger partial charge in [-0.25, -0.2) is 4.98 Å². The molecule has 1 N–H and O–H groups in total. The lowest BCUT2D eigenvalue weighted by atomic mass is 9.91. The number of aryl methyl sites for hydroxylation is 1. The highest BCUT2D eigenvalue weighted by molar-refractivity contribution is 7.15. The molecule has 1 aromatic rings. The fraction of sp³-hybridized carbons (Fsp3) is 0.667. The summed E-state index contributed by atoms with van der Waals surface area (Å²) >= 11 is 1.63. The van der Waals surface area contributed by atoms with Gasteiger partial charge in [-0.05, 0) is 19.3 Å². The van der Waals surface area contributed by atoms with Crippen LogP contribution in [-0.2, 0) is 22.4 Å². The van der Waals surface area contributed by atoms with Gasteiger partial charge in [-0.2, -0.15) is 0 Å². The molecule has 3 rings (SSSR count). The molecule has 2 aliphatic rings. The molecule has 7 heteroatoms. The molecule has 1 aromatic heterocycles. The molecule has 0 spiro atoms. The lowest BCUT2D eigenvalue weighted by molar-refractivity contribution is -0.142. The van der Waals surface area contributed by atoms with Crippen LogP contribution >= 0.6 is 11.3 Å². The van der Waals surface area contributed by atoms with Crippen molar-refractivity contribution >= 4 is 28.3 Å². The Morgan fingerprint density at radius 3 is 2.68 bits per heavy atom. The van der Waals surface area contributed by atoms with Crippen molar-refractivity contribution in [2.75, 3.05) is 31.1 Å². The van der Waals surface area contributed by atoms with Gasteiger partial charge in [0.25, 0.3) is 0 Å². The molecule has 0 aromatic carbocycles. The van der Waals surface area contributed by atoms with Crippen LogP contribution in [-0.4, -0.2) is 53.0 Å². The molecular formula is C15H21N3O3S. The number of carbonyl (C=O) groups is 2. The molecule has 1 atom stereocenters. The number of carbonyl (C=O) groups excluding carboxylic acids is 1. The number of fused-ring (bicyclic) bond motifs is 1. The zero-order chi connectivity index (χ0) is 15.7. The Morgan fingerprint density at radius 1 is 1.32 bits per heavy atom. The van der Waals surface area contributed by atoms with Crippen molar-refractivity contribution < 1.29 is 14.7 Å². The molecule has 1 amide bonds. The van der Waals surface area contributed by atoms with Gasteiger partial charge in [0.05, 0.1) is 11.6 Å². The van der Waals surface area contributed by atoms with E-state index in [1.807, 2.05) is 11.8 Å². The summed E-state index contributed by atoms with van der Waals surface area (Å²) in [7, 11) is 0. The molecule has 1 aliphatic carbocycles. The molecule has 6 nitrogen and oxygen atoms in total. The summed E-state index contributed by atoms with van der Waals surface area (Å²) in [5.41, 5.74) is 1.07. The first-order valence-corrected chi connectivity index (χ1v) is 8.64. The summed E-state index contributed by atoms with van der Waals surface area (Å²) in [6.45, 7) is 4.99. The van der Waals surface area contributed by atoms with Crippen LogP contribution in [0.15, 0.2) is 0 Å². The molecule has 120 valence electrons. The smallest absolute Gasteiger partial charge is 0.306 e. The second-order valence-electron chi connectivity index (χ2n) is 5.87. The maximum absolute atomic E-state index is 11.7. The predicted octanol–water partition coefficient (Wildman–Crippen LogP) is 1.39. The molecule has 0 radical (unpaired) electrons. The lowest BCUT2D eigenvalue weighted by Gasteiger charge is -2.34. The minimum atomic E-state index is -0.702. The molecular weight excluding hydrogens is 302 g/mol. The number of aliphatic carboxylic acids is 1. The van der Waals surface area contributed by atoms with Crippen LogP contribution in [0.25, 0.3) is 0 Å². The van der Waals surface area contributed by atoms with Crippen LogP contribution in [0.4, 0.5) is 5.13 Å². The molecule has 22 heavy (non-hydrogen) atoms. The third-order valence-corrected chi connectivity index (χ3v) is 5.66. The van der Waals surface area contributed by atoms with Gasteiger partial charge in [-0.1, -0.05) is 6.92 Å². The Labute approximate surface area is 133 Å². The van der Waals surface area contributed by atoms with Gasteiger partial charge in [0.2, 0.25) is 5.91 Å². The van der Waals surface area contributed by atoms with Crippen molar-refractivity contribution in [3.8, 4) is 0 Å². The van der Waals surface area contributed by atoms with E-state index in [2.05, 4.69) is 4.90 Å². The number of carboxylic acids is 1. The predicted molar refractivity (Wildman–Crippen MR) is 84.3 cm³/mol. The number of hydrogen-bond donors (Lipinski definition) is 1. The van der Waals surface area contributed by atoms with E-state index in [-0.39, 0.29) is 11.8 Å². The van der Waals surface area contributed by atoms with Crippen molar-refractivity contribution in [1.29, 1.82) is 0 Å². The van der Waals surface area contributed by atoms with Gasteiger partial charge >= 0.3 is 5.97 Å². The quantitative estimate of drug-likeness (QED) is 0.910.